The van der Waals surface area contributed by atoms with E-state index >= 15 is 0 Å². The van der Waals surface area contributed by atoms with Crippen molar-refractivity contribution in [1.82, 2.24) is 0 Å². The molecule has 1 aromatic rings. The predicted molar refractivity (Wildman–Crippen MR) is 41.7 cm³/mol. The lowest BCUT2D eigenvalue weighted by atomic mass is 10.2. The Morgan fingerprint density at radius 2 is 2.00 bits per heavy atom. The van der Waals surface area contributed by atoms with Gasteiger partial charge in [-0.1, -0.05) is 0 Å². The molecular weight excluding hydrogens is 196 g/mol. The molecule has 0 radical (unpaired) electrons. The van der Waals surface area contributed by atoms with E-state index in [-0.39, 0.29) is 0 Å². The van der Waals surface area contributed by atoms with Crippen LogP contribution in [-0.2, 0) is 4.74 Å². The smallest absolute Gasteiger partial charge is 0.340 e. The van der Waals surface area contributed by atoms with Gasteiger partial charge < -0.3 is 4.74 Å². The molecule has 0 amide bonds. The summed E-state index contributed by atoms with van der Waals surface area (Å²) in [6, 6.07) is 1.19. The summed E-state index contributed by atoms with van der Waals surface area (Å²) in [6.07, 6.45) is 0. The van der Waals surface area contributed by atoms with Crippen molar-refractivity contribution >= 4 is 11.7 Å². The van der Waals surface area contributed by atoms with Gasteiger partial charge in [0, 0.05) is 10.1 Å². The Labute approximate surface area is 77.5 Å². The van der Waals surface area contributed by atoms with Crippen molar-refractivity contribution in [2.24, 2.45) is 0 Å². The molecular formula is C8H6F2NO3+. The Morgan fingerprint density at radius 1 is 1.36 bits per heavy atom. The van der Waals surface area contributed by atoms with Gasteiger partial charge in [0.1, 0.15) is 5.82 Å². The topological polar surface area (TPSA) is 57.3 Å². The average molecular weight is 202 g/mol. The highest BCUT2D eigenvalue weighted by Gasteiger charge is 2.19. The van der Waals surface area contributed by atoms with Gasteiger partial charge in [0.15, 0.2) is 5.82 Å². The molecule has 0 bridgehead atoms. The molecule has 0 fully saturated rings. The Kier molecular flexibility index (Phi) is 2.85. The third-order valence-electron chi connectivity index (χ3n) is 1.57. The van der Waals surface area contributed by atoms with Crippen molar-refractivity contribution in [3.05, 3.63) is 34.2 Å². The minimum Gasteiger partial charge on any atom is -0.465 e. The first kappa shape index (κ1) is 10.2. The van der Waals surface area contributed by atoms with Gasteiger partial charge in [0.2, 0.25) is 0 Å². The van der Waals surface area contributed by atoms with Crippen molar-refractivity contribution < 1.29 is 23.5 Å². The lowest BCUT2D eigenvalue weighted by Gasteiger charge is -1.99. The molecule has 0 atom stereocenters. The Hall–Kier alpha value is -1.85. The van der Waals surface area contributed by atoms with Gasteiger partial charge in [0.25, 0.3) is 5.69 Å². The van der Waals surface area contributed by atoms with Gasteiger partial charge in [-0.05, 0) is 6.07 Å². The van der Waals surface area contributed by atoms with Crippen LogP contribution in [0.1, 0.15) is 10.4 Å². The van der Waals surface area contributed by atoms with Crippen LogP contribution in [0.2, 0.25) is 0 Å². The van der Waals surface area contributed by atoms with E-state index in [1.54, 1.807) is 0 Å². The van der Waals surface area contributed by atoms with E-state index in [1.807, 2.05) is 0 Å². The van der Waals surface area contributed by atoms with Crippen LogP contribution < -0.4 is 5.18 Å². The zero-order valence-corrected chi connectivity index (χ0v) is 7.14. The first-order valence-electron chi connectivity index (χ1n) is 3.55. The highest BCUT2D eigenvalue weighted by Crippen LogP contribution is 2.15. The fourth-order valence-corrected chi connectivity index (χ4v) is 0.891. The number of esters is 1. The number of hydrogen-bond donors (Lipinski definition) is 1. The molecule has 1 aromatic carbocycles. The number of ether oxygens (including phenoxy) is 1. The third-order valence-corrected chi connectivity index (χ3v) is 1.57. The summed E-state index contributed by atoms with van der Waals surface area (Å²) in [6.45, 7) is 0. The van der Waals surface area contributed by atoms with Crippen molar-refractivity contribution in [2.75, 3.05) is 7.11 Å². The SMILES string of the molecule is COC(=O)c1cc(F)c([NH+]=O)cc1F. The first-order chi connectivity index (χ1) is 6.60. The quantitative estimate of drug-likeness (QED) is 0.698. The lowest BCUT2D eigenvalue weighted by molar-refractivity contribution is -0.382. The van der Waals surface area contributed by atoms with E-state index in [4.69, 9.17) is 0 Å². The summed E-state index contributed by atoms with van der Waals surface area (Å²) in [5.41, 5.74) is -1.11. The maximum absolute atomic E-state index is 13.0. The van der Waals surface area contributed by atoms with Gasteiger partial charge >= 0.3 is 5.97 Å². The molecule has 1 N–H and O–H groups in total. The number of nitroso groups, excluding NO2 is 1. The van der Waals surface area contributed by atoms with E-state index < -0.39 is 28.9 Å². The van der Waals surface area contributed by atoms with Crippen LogP contribution in [0.25, 0.3) is 0 Å². The number of benzene rings is 1. The molecule has 0 aliphatic heterocycles. The first-order valence-corrected chi connectivity index (χ1v) is 3.55. The molecule has 0 saturated heterocycles. The largest absolute Gasteiger partial charge is 0.465 e. The predicted octanol–water partition coefficient (Wildman–Crippen LogP) is 0.230. The lowest BCUT2D eigenvalue weighted by Crippen LogP contribution is -2.56. The maximum atomic E-state index is 13.0. The van der Waals surface area contributed by atoms with E-state index in [0.29, 0.717) is 12.1 Å². The zero-order chi connectivity index (χ0) is 10.7. The van der Waals surface area contributed by atoms with Crippen molar-refractivity contribution in [2.45, 2.75) is 0 Å². The Bertz CT molecular complexity index is 392. The molecule has 0 spiro atoms. The van der Waals surface area contributed by atoms with Crippen molar-refractivity contribution in [3.8, 4) is 0 Å². The second kappa shape index (κ2) is 3.91. The number of hydrogen-bond acceptors (Lipinski definition) is 3. The number of carbonyl (C=O) groups excluding carboxylic acids is 1. The zero-order valence-electron chi connectivity index (χ0n) is 7.14. The molecule has 0 aliphatic rings. The number of halogens is 2. The minimum absolute atomic E-state index is 0.552. The highest BCUT2D eigenvalue weighted by molar-refractivity contribution is 5.89. The van der Waals surface area contributed by atoms with E-state index in [0.717, 1.165) is 7.11 Å². The number of rotatable bonds is 2. The monoisotopic (exact) mass is 202 g/mol. The second-order valence-corrected chi connectivity index (χ2v) is 2.41. The maximum Gasteiger partial charge on any atom is 0.340 e. The summed E-state index contributed by atoms with van der Waals surface area (Å²) < 4.78 is 30.1. The summed E-state index contributed by atoms with van der Waals surface area (Å²) >= 11 is 0. The molecule has 74 valence electrons. The highest BCUT2D eigenvalue weighted by atomic mass is 19.1. The summed E-state index contributed by atoms with van der Waals surface area (Å²) in [7, 11) is 1.04. The fraction of sp³-hybridized carbons (Fsp3) is 0.125. The summed E-state index contributed by atoms with van der Waals surface area (Å²) in [5, 5.41) is 1.20. The Morgan fingerprint density at radius 3 is 2.50 bits per heavy atom. The molecule has 1 rings (SSSR count). The molecule has 0 saturated carbocycles. The third kappa shape index (κ3) is 1.73. The Balaban J connectivity index is 3.28. The van der Waals surface area contributed by atoms with Crippen molar-refractivity contribution in [1.29, 1.82) is 0 Å². The average Bonchev–Trinajstić information content (AvgIpc) is 2.19. The van der Waals surface area contributed by atoms with Crippen LogP contribution in [0.3, 0.4) is 0 Å². The molecule has 6 heteroatoms. The molecule has 0 aliphatic carbocycles. The van der Waals surface area contributed by atoms with Gasteiger partial charge in [-0.2, -0.15) is 4.39 Å². The van der Waals surface area contributed by atoms with Crippen LogP contribution in [0.4, 0.5) is 14.5 Å². The standard InChI is InChI=1S/C8H5F2NO3/c1-14-8(12)4-2-6(10)7(11-13)3-5(4)9/h2-3H,1H3/p+1. The van der Waals surface area contributed by atoms with Crippen LogP contribution in [0, 0.1) is 16.5 Å². The molecule has 4 nitrogen and oxygen atoms in total. The van der Waals surface area contributed by atoms with Gasteiger partial charge in [-0.25, -0.2) is 9.18 Å². The minimum atomic E-state index is -1.02. The number of methoxy groups -OCH3 is 1. The normalized spacial score (nSPS) is 9.64. The fourth-order valence-electron chi connectivity index (χ4n) is 0.891. The van der Waals surface area contributed by atoms with Crippen LogP contribution in [0.15, 0.2) is 12.1 Å². The summed E-state index contributed by atoms with van der Waals surface area (Å²) in [5.74, 6) is -3.03. The second-order valence-electron chi connectivity index (χ2n) is 2.41. The van der Waals surface area contributed by atoms with E-state index in [2.05, 4.69) is 4.74 Å². The molecule has 0 aromatic heterocycles. The van der Waals surface area contributed by atoms with Gasteiger partial charge in [0.05, 0.1) is 18.7 Å². The van der Waals surface area contributed by atoms with Crippen molar-refractivity contribution in [3.63, 3.8) is 0 Å². The van der Waals surface area contributed by atoms with Crippen LogP contribution in [0.5, 0.6) is 0 Å². The van der Waals surface area contributed by atoms with E-state index in [9.17, 15) is 18.5 Å². The molecule has 0 heterocycles. The molecule has 0 unspecified atom stereocenters. The van der Waals surface area contributed by atoms with Crippen LogP contribution in [-0.4, -0.2) is 13.1 Å². The van der Waals surface area contributed by atoms with Gasteiger partial charge in [-0.15, -0.1) is 0 Å². The number of carbonyl (C=O) groups is 1. The number of nitrogens with one attached hydrogen (secondary N) is 1. The summed E-state index contributed by atoms with van der Waals surface area (Å²) in [4.78, 5) is 20.9. The van der Waals surface area contributed by atoms with Gasteiger partial charge in [-0.3, -0.25) is 0 Å². The van der Waals surface area contributed by atoms with E-state index in [1.165, 1.54) is 5.18 Å². The van der Waals surface area contributed by atoms with Crippen LogP contribution >= 0.6 is 0 Å². The molecule has 14 heavy (non-hydrogen) atoms.